The molecular weight excluding hydrogens is 1550 g/mol. The minimum absolute atomic E-state index is 0.0258. The second kappa shape index (κ2) is 33.1. The highest BCUT2D eigenvalue weighted by Crippen LogP contribution is 2.72. The number of hydrogen-bond donors (Lipinski definition) is 0. The Morgan fingerprint density at radius 1 is 0.258 bits per heavy atom. The van der Waals surface area contributed by atoms with Crippen LogP contribution in [0.4, 0.5) is 17.1 Å². The molecule has 2 spiro atoms. The van der Waals surface area contributed by atoms with Gasteiger partial charge in [0.1, 0.15) is 22.3 Å². The lowest BCUT2D eigenvalue weighted by atomic mass is 9.62. The Labute approximate surface area is 757 Å². The molecule has 0 amide bonds. The molecule has 17 aromatic rings. The summed E-state index contributed by atoms with van der Waals surface area (Å²) in [7, 11) is 0. The first-order valence-electron chi connectivity index (χ1n) is 49.3. The number of unbranched alkanes of at least 4 members (excludes halogenated alkanes) is 16. The van der Waals surface area contributed by atoms with Gasteiger partial charge in [-0.05, 0) is 250 Å². The summed E-state index contributed by atoms with van der Waals surface area (Å²) in [5, 5.41) is 4.95. The fourth-order valence-corrected chi connectivity index (χ4v) is 26.2. The van der Waals surface area contributed by atoms with Gasteiger partial charge in [-0.2, -0.15) is 0 Å². The van der Waals surface area contributed by atoms with Crippen molar-refractivity contribution in [3.8, 4) is 66.8 Å². The molecule has 1 unspecified atom stereocenters. The third-order valence-corrected chi connectivity index (χ3v) is 31.7. The maximum atomic E-state index is 7.78. The van der Waals surface area contributed by atoms with E-state index in [0.29, 0.717) is 0 Å². The Morgan fingerprint density at radius 3 is 1.22 bits per heavy atom. The van der Waals surface area contributed by atoms with Crippen molar-refractivity contribution in [1.82, 2.24) is 0 Å². The standard InChI is InChI=1S/C125H117NO2/c1-5-9-13-17-41-75-122(76-42-18-14-10-6-2)101-56-34-31-53-95(101)116-117-98-55-33-40-62-112(98)128-121(117)118-96-72-67-85(80-107(96)123(120(118)119(116)122,77-43-19-15-11-7-3)78-44-20-16-12-8-4)89(84-65-68-88(69-66-84)126(86-45-23-21-24-46-86)87-47-25-22-26-48-87)70-63-83-64-71-94-99-81-110-100(82-109(99)125(108(94)79-83)104-59-37-29-51-92(104)93-52-30-38-60-105(93)125)114-106(73-74-113-115(114)97-54-32-39-61-111(97)127-113)124(110)102-57-35-27-49-90(102)91-50-28-36-58-103(91)124/h21-40,45-62,64-69,71-74,79-82,89H,5-20,41-44,63,70,75-78H2,1-4H3. The number of anilines is 3. The van der Waals surface area contributed by atoms with Gasteiger partial charge in [0.25, 0.3) is 0 Å². The molecule has 1 atom stereocenters. The van der Waals surface area contributed by atoms with Crippen LogP contribution in [0.15, 0.2) is 324 Å². The lowest BCUT2D eigenvalue weighted by Crippen LogP contribution is -2.33. The number of hydrogen-bond acceptors (Lipinski definition) is 3. The normalized spacial score (nSPS) is 14.8. The van der Waals surface area contributed by atoms with E-state index in [1.54, 1.807) is 22.3 Å². The van der Waals surface area contributed by atoms with Crippen molar-refractivity contribution in [3.63, 3.8) is 0 Å². The fraction of sp³-hybridized carbons (Fsp3) is 0.280. The maximum Gasteiger partial charge on any atom is 0.144 e. The largest absolute Gasteiger partial charge is 0.456 e. The van der Waals surface area contributed by atoms with Crippen molar-refractivity contribution in [3.05, 3.63) is 399 Å². The van der Waals surface area contributed by atoms with E-state index in [0.717, 1.165) is 70.5 Å². The van der Waals surface area contributed by atoms with Crippen molar-refractivity contribution >= 4 is 60.9 Å². The first-order chi connectivity index (χ1) is 63.4. The van der Waals surface area contributed by atoms with Crippen LogP contribution in [-0.2, 0) is 28.1 Å². The summed E-state index contributed by atoms with van der Waals surface area (Å²) < 4.78 is 14.7. The molecular formula is C125H117NO2. The number of nitrogens with zero attached hydrogens (tertiary/aromatic N) is 1. The van der Waals surface area contributed by atoms with Crippen LogP contribution in [0.2, 0.25) is 0 Å². The molecule has 0 saturated carbocycles. The monoisotopic (exact) mass is 1660 g/mol. The predicted molar refractivity (Wildman–Crippen MR) is 537 cm³/mol. The average molecular weight is 1670 g/mol. The summed E-state index contributed by atoms with van der Waals surface area (Å²) in [6.45, 7) is 9.54. The number of para-hydroxylation sites is 4. The van der Waals surface area contributed by atoms with E-state index in [4.69, 9.17) is 8.83 Å². The number of aryl methyl sites for hydroxylation is 1. The van der Waals surface area contributed by atoms with Crippen LogP contribution < -0.4 is 4.90 Å². The Bertz CT molecular complexity index is 6950. The van der Waals surface area contributed by atoms with Gasteiger partial charge in [0.05, 0.1) is 10.8 Å². The van der Waals surface area contributed by atoms with E-state index in [9.17, 15) is 0 Å². The summed E-state index contributed by atoms with van der Waals surface area (Å²) >= 11 is 0. The smallest absolute Gasteiger partial charge is 0.144 e. The molecule has 634 valence electrons. The van der Waals surface area contributed by atoms with Gasteiger partial charge in [-0.1, -0.05) is 405 Å². The number of fused-ring (bicyclic) bond motifs is 36. The van der Waals surface area contributed by atoms with Crippen LogP contribution >= 0.6 is 0 Å². The molecule has 0 aliphatic heterocycles. The maximum absolute atomic E-state index is 7.78. The zero-order chi connectivity index (χ0) is 85.7. The van der Waals surface area contributed by atoms with E-state index in [-0.39, 0.29) is 16.7 Å². The molecule has 0 radical (unpaired) electrons. The number of benzene rings is 15. The van der Waals surface area contributed by atoms with Gasteiger partial charge in [0.2, 0.25) is 0 Å². The lowest BCUT2D eigenvalue weighted by molar-refractivity contribution is 0.368. The molecule has 2 aromatic heterocycles. The van der Waals surface area contributed by atoms with Gasteiger partial charge in [0.15, 0.2) is 0 Å². The Morgan fingerprint density at radius 2 is 0.664 bits per heavy atom. The van der Waals surface area contributed by atoms with Crippen molar-refractivity contribution in [2.45, 2.75) is 222 Å². The highest BCUT2D eigenvalue weighted by molar-refractivity contribution is 6.21. The third-order valence-electron chi connectivity index (χ3n) is 31.7. The first-order valence-corrected chi connectivity index (χ1v) is 49.3. The van der Waals surface area contributed by atoms with Gasteiger partial charge >= 0.3 is 0 Å². The predicted octanol–water partition coefficient (Wildman–Crippen LogP) is 35.4. The molecule has 0 saturated heterocycles. The summed E-state index contributed by atoms with van der Waals surface area (Å²) in [4.78, 5) is 2.43. The molecule has 3 heteroatoms. The Hall–Kier alpha value is -12.3. The van der Waals surface area contributed by atoms with Crippen molar-refractivity contribution in [1.29, 1.82) is 0 Å². The van der Waals surface area contributed by atoms with E-state index < -0.39 is 10.8 Å². The van der Waals surface area contributed by atoms with Crippen LogP contribution in [0.1, 0.15) is 278 Å². The van der Waals surface area contributed by atoms with E-state index in [1.807, 2.05) is 0 Å². The molecule has 15 aromatic carbocycles. The van der Waals surface area contributed by atoms with Crippen LogP contribution in [0.5, 0.6) is 0 Å². The zero-order valence-electron chi connectivity index (χ0n) is 75.2. The second-order valence-corrected chi connectivity index (χ2v) is 38.6. The highest BCUT2D eigenvalue weighted by atomic mass is 16.3. The molecule has 23 rings (SSSR count). The van der Waals surface area contributed by atoms with Crippen LogP contribution in [0, 0.1) is 0 Å². The number of furan rings is 2. The quantitative estimate of drug-likeness (QED) is 0.0394. The molecule has 0 fully saturated rings. The Kier molecular flexibility index (Phi) is 20.8. The van der Waals surface area contributed by atoms with Crippen LogP contribution in [0.25, 0.3) is 111 Å². The topological polar surface area (TPSA) is 29.5 Å². The summed E-state index contributed by atoms with van der Waals surface area (Å²) in [6.07, 6.45) is 31.4. The van der Waals surface area contributed by atoms with Gasteiger partial charge in [-0.15, -0.1) is 0 Å². The summed E-state index contributed by atoms with van der Waals surface area (Å²) in [5.74, 6) is 0.0258. The van der Waals surface area contributed by atoms with Crippen molar-refractivity contribution in [2.24, 2.45) is 0 Å². The number of rotatable bonds is 32. The highest BCUT2D eigenvalue weighted by Gasteiger charge is 2.59. The van der Waals surface area contributed by atoms with Crippen molar-refractivity contribution < 1.29 is 8.83 Å². The molecule has 3 nitrogen and oxygen atoms in total. The van der Waals surface area contributed by atoms with Crippen molar-refractivity contribution in [2.75, 3.05) is 4.90 Å². The van der Waals surface area contributed by atoms with Gasteiger partial charge in [-0.3, -0.25) is 0 Å². The van der Waals surface area contributed by atoms with E-state index in [1.165, 1.54) is 285 Å². The zero-order valence-corrected chi connectivity index (χ0v) is 75.2. The molecule has 6 aliphatic rings. The van der Waals surface area contributed by atoms with Crippen LogP contribution in [-0.4, -0.2) is 0 Å². The third kappa shape index (κ3) is 12.3. The second-order valence-electron chi connectivity index (χ2n) is 38.6. The average Bonchev–Trinajstić information content (AvgIpc) is 1.49. The first kappa shape index (κ1) is 80.3. The Balaban J connectivity index is 0.734. The van der Waals surface area contributed by atoms with Crippen LogP contribution in [0.3, 0.4) is 0 Å². The van der Waals surface area contributed by atoms with Gasteiger partial charge in [-0.25, -0.2) is 0 Å². The summed E-state index contributed by atoms with van der Waals surface area (Å²) in [5.41, 5.74) is 43.4. The van der Waals surface area contributed by atoms with Gasteiger partial charge in [0, 0.05) is 60.9 Å². The van der Waals surface area contributed by atoms with Gasteiger partial charge < -0.3 is 13.7 Å². The summed E-state index contributed by atoms with van der Waals surface area (Å²) in [6, 6.07) is 123. The molecule has 2 heterocycles. The SMILES string of the molecule is CCCCCCCC1(CCCCCCC)c2cc(C(CCc3ccc4c(c3)C3(c5ccccc5-c5ccccc53)c3cc5c(cc3-4)C3(c4ccccc4-c4ccccc43)c3ccc4oc6ccccc6c4c3-5)c3ccc(N(c4ccccc4)c4ccccc4)cc3)ccc2-c2c1c1c(c3c2oc2ccccc23)-c2ccccc2C1(CCCCCCC)CCCCCCC. The molecule has 6 aliphatic carbocycles. The minimum atomic E-state index is -0.630. The molecule has 128 heavy (non-hydrogen) atoms. The molecule has 0 N–H and O–H groups in total. The minimum Gasteiger partial charge on any atom is -0.456 e. The van der Waals surface area contributed by atoms with E-state index >= 15 is 0 Å². The fourth-order valence-electron chi connectivity index (χ4n) is 26.2. The van der Waals surface area contributed by atoms with E-state index in [2.05, 4.69) is 348 Å². The molecule has 0 bridgehead atoms. The lowest BCUT2D eigenvalue weighted by Gasteiger charge is -2.40.